The number of benzene rings is 1. The Hall–Kier alpha value is -0.940. The van der Waals surface area contributed by atoms with E-state index in [4.69, 9.17) is 16.3 Å². The van der Waals surface area contributed by atoms with Crippen LogP contribution in [0.5, 0.6) is 5.75 Å². The average Bonchev–Trinajstić information content (AvgIpc) is 2.32. The van der Waals surface area contributed by atoms with E-state index in [2.05, 4.69) is 4.74 Å². The Morgan fingerprint density at radius 3 is 2.50 bits per heavy atom. The summed E-state index contributed by atoms with van der Waals surface area (Å²) in [6.45, 7) is -0.903. The molecule has 0 saturated heterocycles. The summed E-state index contributed by atoms with van der Waals surface area (Å²) in [4.78, 5) is 0. The predicted molar refractivity (Wildman–Crippen MR) is 63.0 cm³/mol. The first-order chi connectivity index (χ1) is 8.53. The highest BCUT2D eigenvalue weighted by Crippen LogP contribution is 2.20. The maximum atomic E-state index is 11.8. The molecular formula is C12H14ClF3O2. The van der Waals surface area contributed by atoms with Gasteiger partial charge < -0.3 is 9.47 Å². The summed E-state index contributed by atoms with van der Waals surface area (Å²) in [6.07, 6.45) is -3.88. The number of ether oxygens (including phenoxy) is 2. The van der Waals surface area contributed by atoms with Crippen molar-refractivity contribution in [2.75, 3.05) is 19.8 Å². The zero-order valence-corrected chi connectivity index (χ0v) is 10.4. The second-order valence-corrected chi connectivity index (χ2v) is 3.88. The number of rotatable bonds is 7. The molecule has 0 aliphatic rings. The molecule has 6 heteroatoms. The third kappa shape index (κ3) is 6.12. The Labute approximate surface area is 109 Å². The van der Waals surface area contributed by atoms with Crippen LogP contribution >= 0.6 is 11.6 Å². The van der Waals surface area contributed by atoms with Gasteiger partial charge in [-0.25, -0.2) is 0 Å². The Bertz CT molecular complexity index is 355. The molecule has 0 aromatic heterocycles. The third-order valence-corrected chi connectivity index (χ3v) is 2.36. The molecule has 0 saturated carbocycles. The maximum absolute atomic E-state index is 11.8. The smallest absolute Gasteiger partial charge is 0.411 e. The van der Waals surface area contributed by atoms with Crippen LogP contribution in [-0.2, 0) is 10.6 Å². The Morgan fingerprint density at radius 1 is 1.11 bits per heavy atom. The molecule has 2 nitrogen and oxygen atoms in total. The van der Waals surface area contributed by atoms with Crippen LogP contribution < -0.4 is 4.74 Å². The van der Waals surface area contributed by atoms with E-state index in [1.165, 1.54) is 0 Å². The van der Waals surface area contributed by atoms with Gasteiger partial charge in [-0.2, -0.15) is 13.2 Å². The predicted octanol–water partition coefficient (Wildman–Crippen LogP) is 3.77. The first-order valence-electron chi connectivity index (χ1n) is 5.44. The molecule has 0 heterocycles. The standard InChI is InChI=1S/C12H14ClF3O2/c13-8-10-4-1-2-5-11(10)18-7-3-6-17-9-12(14,15)16/h1-2,4-5H,3,6-9H2. The lowest BCUT2D eigenvalue weighted by molar-refractivity contribution is -0.174. The summed E-state index contributed by atoms with van der Waals surface area (Å²) in [7, 11) is 0. The van der Waals surface area contributed by atoms with Crippen LogP contribution in [0.4, 0.5) is 13.2 Å². The average molecular weight is 283 g/mol. The van der Waals surface area contributed by atoms with E-state index in [0.29, 0.717) is 24.7 Å². The summed E-state index contributed by atoms with van der Waals surface area (Å²) in [5.41, 5.74) is 0.857. The molecule has 0 N–H and O–H groups in total. The molecule has 0 unspecified atom stereocenters. The van der Waals surface area contributed by atoms with Gasteiger partial charge in [0.25, 0.3) is 0 Å². The molecule has 1 aromatic carbocycles. The van der Waals surface area contributed by atoms with Crippen LogP contribution in [0.1, 0.15) is 12.0 Å². The molecule has 0 radical (unpaired) electrons. The van der Waals surface area contributed by atoms with Crippen molar-refractivity contribution in [1.82, 2.24) is 0 Å². The largest absolute Gasteiger partial charge is 0.493 e. The summed E-state index contributed by atoms with van der Waals surface area (Å²) in [6, 6.07) is 7.26. The van der Waals surface area contributed by atoms with Crippen molar-refractivity contribution < 1.29 is 22.6 Å². The first-order valence-corrected chi connectivity index (χ1v) is 5.97. The van der Waals surface area contributed by atoms with Gasteiger partial charge in [-0.05, 0) is 6.07 Å². The fraction of sp³-hybridized carbons (Fsp3) is 0.500. The van der Waals surface area contributed by atoms with Crippen LogP contribution in [0.25, 0.3) is 0 Å². The Kier molecular flexibility index (Phi) is 6.29. The van der Waals surface area contributed by atoms with Gasteiger partial charge in [0.2, 0.25) is 0 Å². The Morgan fingerprint density at radius 2 is 1.83 bits per heavy atom. The highest BCUT2D eigenvalue weighted by molar-refractivity contribution is 6.17. The number of hydrogen-bond acceptors (Lipinski definition) is 2. The van der Waals surface area contributed by atoms with E-state index in [1.807, 2.05) is 18.2 Å². The van der Waals surface area contributed by atoms with Gasteiger partial charge in [0, 0.05) is 12.0 Å². The minimum absolute atomic E-state index is 0.0164. The summed E-state index contributed by atoms with van der Waals surface area (Å²) >= 11 is 5.72. The van der Waals surface area contributed by atoms with E-state index in [0.717, 1.165) is 5.56 Å². The minimum atomic E-state index is -4.27. The van der Waals surface area contributed by atoms with Gasteiger partial charge in [-0.3, -0.25) is 0 Å². The van der Waals surface area contributed by atoms with Crippen LogP contribution in [0, 0.1) is 0 Å². The van der Waals surface area contributed by atoms with E-state index < -0.39 is 12.8 Å². The van der Waals surface area contributed by atoms with E-state index in [9.17, 15) is 13.2 Å². The topological polar surface area (TPSA) is 18.5 Å². The molecule has 0 spiro atoms. The number of para-hydroxylation sites is 1. The molecule has 102 valence electrons. The van der Waals surface area contributed by atoms with Crippen LogP contribution in [0.2, 0.25) is 0 Å². The second-order valence-electron chi connectivity index (χ2n) is 3.61. The van der Waals surface area contributed by atoms with Crippen LogP contribution in [-0.4, -0.2) is 26.0 Å². The van der Waals surface area contributed by atoms with E-state index >= 15 is 0 Å². The van der Waals surface area contributed by atoms with Gasteiger partial charge in [0.1, 0.15) is 12.4 Å². The summed E-state index contributed by atoms with van der Waals surface area (Å²) in [5.74, 6) is 0.990. The van der Waals surface area contributed by atoms with Crippen molar-refractivity contribution in [1.29, 1.82) is 0 Å². The van der Waals surface area contributed by atoms with E-state index in [1.54, 1.807) is 6.07 Å². The highest BCUT2D eigenvalue weighted by Gasteiger charge is 2.27. The lowest BCUT2D eigenvalue weighted by Gasteiger charge is -2.10. The molecule has 0 aliphatic heterocycles. The number of halogens is 4. The highest BCUT2D eigenvalue weighted by atomic mass is 35.5. The normalized spacial score (nSPS) is 11.6. The molecule has 0 fully saturated rings. The molecule has 1 rings (SSSR count). The fourth-order valence-electron chi connectivity index (χ4n) is 1.29. The number of alkyl halides is 4. The maximum Gasteiger partial charge on any atom is 0.411 e. The van der Waals surface area contributed by atoms with Gasteiger partial charge in [0.15, 0.2) is 0 Å². The van der Waals surface area contributed by atoms with Gasteiger partial charge in [0.05, 0.1) is 19.1 Å². The molecule has 0 atom stereocenters. The van der Waals surface area contributed by atoms with E-state index in [-0.39, 0.29) is 6.61 Å². The molecule has 1 aromatic rings. The van der Waals surface area contributed by atoms with Crippen molar-refractivity contribution in [2.45, 2.75) is 18.5 Å². The molecule has 0 aliphatic carbocycles. The molecule has 18 heavy (non-hydrogen) atoms. The van der Waals surface area contributed by atoms with Crippen LogP contribution in [0.3, 0.4) is 0 Å². The third-order valence-electron chi connectivity index (χ3n) is 2.07. The number of hydrogen-bond donors (Lipinski definition) is 0. The molecule has 0 bridgehead atoms. The molecule has 0 amide bonds. The van der Waals surface area contributed by atoms with Crippen molar-refractivity contribution in [2.24, 2.45) is 0 Å². The zero-order valence-electron chi connectivity index (χ0n) is 9.67. The summed E-state index contributed by atoms with van der Waals surface area (Å²) in [5, 5.41) is 0. The first kappa shape index (κ1) is 15.1. The van der Waals surface area contributed by atoms with Crippen molar-refractivity contribution in [3.63, 3.8) is 0 Å². The lowest BCUT2D eigenvalue weighted by atomic mass is 10.2. The van der Waals surface area contributed by atoms with Crippen molar-refractivity contribution >= 4 is 11.6 Å². The lowest BCUT2D eigenvalue weighted by Crippen LogP contribution is -2.18. The zero-order chi connectivity index (χ0) is 13.4. The second kappa shape index (κ2) is 7.48. The Balaban J connectivity index is 2.18. The summed E-state index contributed by atoms with van der Waals surface area (Å²) < 4.78 is 45.1. The minimum Gasteiger partial charge on any atom is -0.493 e. The quantitative estimate of drug-likeness (QED) is 0.560. The van der Waals surface area contributed by atoms with Gasteiger partial charge >= 0.3 is 6.18 Å². The van der Waals surface area contributed by atoms with Crippen molar-refractivity contribution in [3.8, 4) is 5.75 Å². The molecular weight excluding hydrogens is 269 g/mol. The fourth-order valence-corrected chi connectivity index (χ4v) is 1.51. The van der Waals surface area contributed by atoms with Crippen LogP contribution in [0.15, 0.2) is 24.3 Å². The van der Waals surface area contributed by atoms with Gasteiger partial charge in [-0.15, -0.1) is 11.6 Å². The SMILES string of the molecule is FC(F)(F)COCCCOc1ccccc1CCl. The van der Waals surface area contributed by atoms with Gasteiger partial charge in [-0.1, -0.05) is 18.2 Å². The van der Waals surface area contributed by atoms with Crippen molar-refractivity contribution in [3.05, 3.63) is 29.8 Å². The monoisotopic (exact) mass is 282 g/mol.